The van der Waals surface area contributed by atoms with Crippen LogP contribution in [0.15, 0.2) is 36.9 Å². The summed E-state index contributed by atoms with van der Waals surface area (Å²) in [5.74, 6) is 0.0708. The number of ether oxygens (including phenoxy) is 3. The van der Waals surface area contributed by atoms with E-state index in [2.05, 4.69) is 28.3 Å². The van der Waals surface area contributed by atoms with Crippen molar-refractivity contribution < 1.29 is 71.8 Å². The van der Waals surface area contributed by atoms with E-state index in [1.165, 1.54) is 23.0 Å². The predicted octanol–water partition coefficient (Wildman–Crippen LogP) is -1.29. The van der Waals surface area contributed by atoms with Gasteiger partial charge < -0.3 is 50.2 Å². The van der Waals surface area contributed by atoms with Crippen LogP contribution in [-0.4, -0.2) is 111 Å². The number of rotatable bonds is 12. The molecule has 246 valence electrons. The maximum absolute atomic E-state index is 12.4. The summed E-state index contributed by atoms with van der Waals surface area (Å²) >= 11 is 0. The number of nitrogens with two attached hydrogens (primary N) is 1. The number of nitro benzene ring substituents is 1. The molecule has 0 spiro atoms. The van der Waals surface area contributed by atoms with Crippen LogP contribution < -0.4 is 10.5 Å². The maximum Gasteiger partial charge on any atom is 0.481 e. The molecule has 5 rings (SSSR count). The molecular formula is C21H26N6O16P2. The average Bonchev–Trinajstić information content (AvgIpc) is 3.61. The molecule has 4 heterocycles. The Morgan fingerprint density at radius 2 is 1.51 bits per heavy atom. The van der Waals surface area contributed by atoms with Crippen molar-refractivity contribution in [3.8, 4) is 5.75 Å². The highest BCUT2D eigenvalue weighted by molar-refractivity contribution is 7.61. The lowest BCUT2D eigenvalue weighted by atomic mass is 10.1. The van der Waals surface area contributed by atoms with Crippen LogP contribution in [0.5, 0.6) is 5.75 Å². The van der Waals surface area contributed by atoms with Crippen LogP contribution in [0.4, 0.5) is 11.5 Å². The minimum absolute atomic E-state index is 0.0280. The second kappa shape index (κ2) is 12.9. The number of fused-ring (bicyclic) bond motifs is 1. The molecule has 45 heavy (non-hydrogen) atoms. The van der Waals surface area contributed by atoms with Gasteiger partial charge in [0, 0.05) is 12.1 Å². The van der Waals surface area contributed by atoms with E-state index in [-0.39, 0.29) is 28.4 Å². The number of aliphatic hydroxyl groups excluding tert-OH is 4. The number of hydrogen-bond acceptors (Lipinski definition) is 18. The van der Waals surface area contributed by atoms with Crippen LogP contribution in [-0.2, 0) is 32.0 Å². The Morgan fingerprint density at radius 3 is 2.13 bits per heavy atom. The number of hydrogen-bond donors (Lipinski definition) is 7. The normalized spacial score (nSPS) is 31.1. The summed E-state index contributed by atoms with van der Waals surface area (Å²) in [5, 5.41) is 52.1. The molecule has 2 aliphatic heterocycles. The lowest BCUT2D eigenvalue weighted by molar-refractivity contribution is -0.384. The van der Waals surface area contributed by atoms with Crippen LogP contribution in [0.25, 0.3) is 11.2 Å². The fraction of sp³-hybridized carbons (Fsp3) is 0.476. The smallest absolute Gasteiger partial charge is 0.462 e. The first-order chi connectivity index (χ1) is 21.2. The number of phosphoric acid groups is 2. The molecule has 22 nitrogen and oxygen atoms in total. The van der Waals surface area contributed by atoms with E-state index in [1.54, 1.807) is 0 Å². The molecule has 10 unspecified atom stereocenters. The van der Waals surface area contributed by atoms with Gasteiger partial charge in [-0.05, 0) is 12.1 Å². The number of nitrogen functional groups attached to an aromatic ring is 1. The van der Waals surface area contributed by atoms with Crippen molar-refractivity contribution in [2.45, 2.75) is 49.1 Å². The topological polar surface area (TPSA) is 324 Å². The van der Waals surface area contributed by atoms with Crippen LogP contribution in [0, 0.1) is 10.1 Å². The third kappa shape index (κ3) is 7.28. The lowest BCUT2D eigenvalue weighted by Crippen LogP contribution is -2.35. The van der Waals surface area contributed by atoms with E-state index in [9.17, 15) is 49.5 Å². The van der Waals surface area contributed by atoms with E-state index >= 15 is 0 Å². The minimum atomic E-state index is -5.39. The summed E-state index contributed by atoms with van der Waals surface area (Å²) in [6, 6.07) is 4.66. The van der Waals surface area contributed by atoms with Crippen molar-refractivity contribution in [2.24, 2.45) is 0 Å². The first kappa shape index (κ1) is 33.2. The maximum atomic E-state index is 12.4. The number of non-ortho nitro benzene ring substituents is 1. The second-order valence-electron chi connectivity index (χ2n) is 9.63. The van der Waals surface area contributed by atoms with E-state index in [0.29, 0.717) is 0 Å². The first-order valence-corrected chi connectivity index (χ1v) is 15.7. The minimum Gasteiger partial charge on any atom is -0.462 e. The molecule has 2 aromatic heterocycles. The summed E-state index contributed by atoms with van der Waals surface area (Å²) in [6.07, 6.45) is -10.1. The fourth-order valence-electron chi connectivity index (χ4n) is 4.40. The van der Waals surface area contributed by atoms with Gasteiger partial charge in [0.15, 0.2) is 17.7 Å². The number of phosphoric ester groups is 2. The van der Waals surface area contributed by atoms with Gasteiger partial charge in [-0.3, -0.25) is 23.7 Å². The van der Waals surface area contributed by atoms with Gasteiger partial charge in [-0.2, -0.15) is 4.31 Å². The Balaban J connectivity index is 1.13. The predicted molar refractivity (Wildman–Crippen MR) is 143 cm³/mol. The molecule has 2 saturated heterocycles. The summed E-state index contributed by atoms with van der Waals surface area (Å²) in [6.45, 7) is -1.86. The molecule has 24 heteroatoms. The van der Waals surface area contributed by atoms with Crippen molar-refractivity contribution in [2.75, 3.05) is 18.9 Å². The molecule has 0 radical (unpaired) electrons. The van der Waals surface area contributed by atoms with Crippen molar-refractivity contribution in [1.82, 2.24) is 19.5 Å². The summed E-state index contributed by atoms with van der Waals surface area (Å²) in [5.41, 5.74) is 5.85. The quantitative estimate of drug-likeness (QED) is 0.0664. The van der Waals surface area contributed by atoms with Crippen molar-refractivity contribution in [3.05, 3.63) is 47.0 Å². The molecular weight excluding hydrogens is 654 g/mol. The van der Waals surface area contributed by atoms with Gasteiger partial charge in [0.05, 0.1) is 24.5 Å². The SMILES string of the molecule is Nc1ncnc2c1ncn2C1OC(COP(=O)(O)OP(=O)(O)OCC2OC(Oc3ccc([N+](=O)[O-])cc3)C(O)C2O)C(O)C1O. The van der Waals surface area contributed by atoms with E-state index in [0.717, 1.165) is 18.5 Å². The Kier molecular flexibility index (Phi) is 9.50. The highest BCUT2D eigenvalue weighted by Crippen LogP contribution is 2.60. The van der Waals surface area contributed by atoms with Crippen LogP contribution in [0.2, 0.25) is 0 Å². The molecule has 1 aromatic carbocycles. The molecule has 2 fully saturated rings. The molecule has 0 bridgehead atoms. The molecule has 3 aromatic rings. The molecule has 0 amide bonds. The average molecular weight is 680 g/mol. The third-order valence-corrected chi connectivity index (χ3v) is 9.23. The van der Waals surface area contributed by atoms with Gasteiger partial charge in [-0.25, -0.2) is 24.1 Å². The number of nitrogens with zero attached hydrogens (tertiary/aromatic N) is 5. The lowest BCUT2D eigenvalue weighted by Gasteiger charge is -2.20. The van der Waals surface area contributed by atoms with Crippen LogP contribution >= 0.6 is 15.6 Å². The van der Waals surface area contributed by atoms with Gasteiger partial charge in [0.1, 0.15) is 54.2 Å². The molecule has 8 N–H and O–H groups in total. The number of anilines is 1. The molecule has 10 atom stereocenters. The Labute approximate surface area is 250 Å². The standard InChI is InChI=1S/C21H26N6O16P2/c22-18-13-19(24-7-23-18)26(8-25-13)20-16(30)14(28)11(41-20)5-38-44(34,35)43-45(36,37)39-6-12-15(29)17(31)21(42-12)40-10-3-1-9(2-4-10)27(32)33/h1-4,7-8,11-12,14-17,20-21,28-31H,5-6H2,(H,34,35)(H,36,37)(H2,22,23,24). The van der Waals surface area contributed by atoms with E-state index in [4.69, 9.17) is 19.9 Å². The summed E-state index contributed by atoms with van der Waals surface area (Å²) in [4.78, 5) is 41.9. The first-order valence-electron chi connectivity index (χ1n) is 12.7. The zero-order valence-corrected chi connectivity index (χ0v) is 24.3. The largest absolute Gasteiger partial charge is 0.481 e. The summed E-state index contributed by atoms with van der Waals surface area (Å²) < 4.78 is 55.7. The zero-order valence-electron chi connectivity index (χ0n) is 22.5. The number of imidazole rings is 1. The fourth-order valence-corrected chi connectivity index (χ4v) is 6.49. The molecule has 2 aliphatic rings. The summed E-state index contributed by atoms with van der Waals surface area (Å²) in [7, 11) is -10.8. The molecule has 0 saturated carbocycles. The van der Waals surface area contributed by atoms with E-state index < -0.39 is 82.9 Å². The number of benzene rings is 1. The Morgan fingerprint density at radius 1 is 0.911 bits per heavy atom. The monoisotopic (exact) mass is 680 g/mol. The van der Waals surface area contributed by atoms with Gasteiger partial charge in [-0.1, -0.05) is 0 Å². The highest BCUT2D eigenvalue weighted by Gasteiger charge is 2.48. The number of nitro groups is 1. The van der Waals surface area contributed by atoms with Crippen molar-refractivity contribution in [3.63, 3.8) is 0 Å². The van der Waals surface area contributed by atoms with Crippen LogP contribution in [0.1, 0.15) is 6.23 Å². The van der Waals surface area contributed by atoms with Crippen molar-refractivity contribution in [1.29, 1.82) is 0 Å². The zero-order chi connectivity index (χ0) is 32.7. The second-order valence-corrected chi connectivity index (χ2v) is 12.7. The highest BCUT2D eigenvalue weighted by atomic mass is 31.3. The van der Waals surface area contributed by atoms with E-state index in [1.807, 2.05) is 0 Å². The number of aliphatic hydroxyl groups is 4. The van der Waals surface area contributed by atoms with Crippen molar-refractivity contribution >= 4 is 38.3 Å². The van der Waals surface area contributed by atoms with Gasteiger partial charge in [-0.15, -0.1) is 0 Å². The molecule has 0 aliphatic carbocycles. The Bertz CT molecular complexity index is 1630. The Hall–Kier alpha value is -3.21. The van der Waals surface area contributed by atoms with Gasteiger partial charge in [0.2, 0.25) is 6.29 Å². The van der Waals surface area contributed by atoms with Crippen LogP contribution in [0.3, 0.4) is 0 Å². The van der Waals surface area contributed by atoms with Gasteiger partial charge >= 0.3 is 15.6 Å². The van der Waals surface area contributed by atoms with Gasteiger partial charge in [0.25, 0.3) is 5.69 Å². The third-order valence-electron chi connectivity index (χ3n) is 6.63. The number of aromatic nitrogens is 4.